The van der Waals surface area contributed by atoms with Gasteiger partial charge >= 0.3 is 0 Å². The van der Waals surface area contributed by atoms with Gasteiger partial charge in [0.25, 0.3) is 0 Å². The highest BCUT2D eigenvalue weighted by atomic mass is 35.5. The third kappa shape index (κ3) is 2.96. The Hall–Kier alpha value is -1.68. The summed E-state index contributed by atoms with van der Waals surface area (Å²) in [6.45, 7) is 1.25. The Balaban J connectivity index is 1.92. The van der Waals surface area contributed by atoms with E-state index in [1.807, 2.05) is 35.0 Å². The number of benzene rings is 1. The zero-order chi connectivity index (χ0) is 12.8. The number of alkyl halides is 1. The second-order valence-corrected chi connectivity index (χ2v) is 3.94. The molecule has 0 spiro atoms. The van der Waals surface area contributed by atoms with Gasteiger partial charge in [0.15, 0.2) is 11.5 Å². The van der Waals surface area contributed by atoms with Crippen LogP contribution in [-0.4, -0.2) is 23.3 Å². The first-order valence-electron chi connectivity index (χ1n) is 5.67. The van der Waals surface area contributed by atoms with E-state index >= 15 is 0 Å². The number of methoxy groups -OCH3 is 1. The molecule has 0 aliphatic heterocycles. The fourth-order valence-electron chi connectivity index (χ4n) is 1.67. The SMILES string of the molecule is COc1ccccc1OCCn1ccnc1CCl. The largest absolute Gasteiger partial charge is 0.493 e. The van der Waals surface area contributed by atoms with Crippen molar-refractivity contribution in [1.29, 1.82) is 0 Å². The molecule has 0 bridgehead atoms. The lowest BCUT2D eigenvalue weighted by molar-refractivity contribution is 0.278. The van der Waals surface area contributed by atoms with E-state index in [0.29, 0.717) is 19.0 Å². The lowest BCUT2D eigenvalue weighted by atomic mass is 10.3. The third-order valence-electron chi connectivity index (χ3n) is 2.58. The molecule has 0 fully saturated rings. The van der Waals surface area contributed by atoms with Gasteiger partial charge in [0.2, 0.25) is 0 Å². The van der Waals surface area contributed by atoms with Crippen molar-refractivity contribution < 1.29 is 9.47 Å². The van der Waals surface area contributed by atoms with Crippen LogP contribution in [0.3, 0.4) is 0 Å². The predicted molar refractivity (Wildman–Crippen MR) is 70.3 cm³/mol. The van der Waals surface area contributed by atoms with Crippen molar-refractivity contribution in [2.75, 3.05) is 13.7 Å². The summed E-state index contributed by atoms with van der Waals surface area (Å²) >= 11 is 5.77. The molecule has 0 atom stereocenters. The van der Waals surface area contributed by atoms with Gasteiger partial charge in [-0.25, -0.2) is 4.98 Å². The molecular formula is C13H15ClN2O2. The molecule has 18 heavy (non-hydrogen) atoms. The molecule has 5 heteroatoms. The lowest BCUT2D eigenvalue weighted by Crippen LogP contribution is -2.10. The van der Waals surface area contributed by atoms with Gasteiger partial charge in [-0.3, -0.25) is 0 Å². The Morgan fingerprint density at radius 2 is 2.06 bits per heavy atom. The molecule has 0 saturated carbocycles. The van der Waals surface area contributed by atoms with Gasteiger partial charge in [0.1, 0.15) is 12.4 Å². The molecule has 1 heterocycles. The Kier molecular flexibility index (Phi) is 4.47. The summed E-state index contributed by atoms with van der Waals surface area (Å²) < 4.78 is 12.9. The average molecular weight is 267 g/mol. The monoisotopic (exact) mass is 266 g/mol. The number of rotatable bonds is 6. The van der Waals surface area contributed by atoms with E-state index in [9.17, 15) is 0 Å². The van der Waals surface area contributed by atoms with Crippen LogP contribution in [-0.2, 0) is 12.4 Å². The fraction of sp³-hybridized carbons (Fsp3) is 0.308. The van der Waals surface area contributed by atoms with E-state index < -0.39 is 0 Å². The molecule has 0 radical (unpaired) electrons. The van der Waals surface area contributed by atoms with Crippen molar-refractivity contribution in [3.8, 4) is 11.5 Å². The first-order chi connectivity index (χ1) is 8.85. The summed E-state index contributed by atoms with van der Waals surface area (Å²) in [5, 5.41) is 0. The number of nitrogens with zero attached hydrogens (tertiary/aromatic N) is 2. The molecule has 2 aromatic rings. The van der Waals surface area contributed by atoms with Crippen LogP contribution in [0.5, 0.6) is 11.5 Å². The summed E-state index contributed by atoms with van der Waals surface area (Å²) in [4.78, 5) is 4.14. The van der Waals surface area contributed by atoms with Gasteiger partial charge in [-0.15, -0.1) is 11.6 Å². The molecule has 0 amide bonds. The molecular weight excluding hydrogens is 252 g/mol. The average Bonchev–Trinajstić information content (AvgIpc) is 2.87. The van der Waals surface area contributed by atoms with Crippen LogP contribution in [0.4, 0.5) is 0 Å². The topological polar surface area (TPSA) is 36.3 Å². The summed E-state index contributed by atoms with van der Waals surface area (Å²) in [5.74, 6) is 2.73. The van der Waals surface area contributed by atoms with E-state index in [4.69, 9.17) is 21.1 Å². The predicted octanol–water partition coefficient (Wildman–Crippen LogP) is 2.71. The molecule has 0 saturated heterocycles. The van der Waals surface area contributed by atoms with Crippen LogP contribution >= 0.6 is 11.6 Å². The number of ether oxygens (including phenoxy) is 2. The van der Waals surface area contributed by atoms with E-state index in [-0.39, 0.29) is 0 Å². The molecule has 0 aliphatic carbocycles. The molecule has 0 aliphatic rings. The fourth-order valence-corrected chi connectivity index (χ4v) is 1.89. The summed E-state index contributed by atoms with van der Waals surface area (Å²) in [5.41, 5.74) is 0. The number of hydrogen-bond donors (Lipinski definition) is 0. The number of hydrogen-bond acceptors (Lipinski definition) is 3. The minimum absolute atomic E-state index is 0.404. The lowest BCUT2D eigenvalue weighted by Gasteiger charge is -2.11. The van der Waals surface area contributed by atoms with Crippen molar-refractivity contribution in [2.24, 2.45) is 0 Å². The minimum Gasteiger partial charge on any atom is -0.493 e. The number of halogens is 1. The molecule has 96 valence electrons. The summed E-state index contributed by atoms with van der Waals surface area (Å²) in [6, 6.07) is 7.58. The van der Waals surface area contributed by atoms with Crippen molar-refractivity contribution in [3.63, 3.8) is 0 Å². The van der Waals surface area contributed by atoms with Crippen LogP contribution in [0.15, 0.2) is 36.7 Å². The van der Waals surface area contributed by atoms with Gasteiger partial charge in [-0.05, 0) is 12.1 Å². The van der Waals surface area contributed by atoms with Crippen molar-refractivity contribution in [3.05, 3.63) is 42.5 Å². The van der Waals surface area contributed by atoms with Crippen molar-refractivity contribution >= 4 is 11.6 Å². The second kappa shape index (κ2) is 6.31. The van der Waals surface area contributed by atoms with E-state index in [0.717, 1.165) is 17.3 Å². The zero-order valence-electron chi connectivity index (χ0n) is 10.2. The van der Waals surface area contributed by atoms with E-state index in [1.165, 1.54) is 0 Å². The van der Waals surface area contributed by atoms with Crippen molar-refractivity contribution in [2.45, 2.75) is 12.4 Å². The van der Waals surface area contributed by atoms with E-state index in [2.05, 4.69) is 4.98 Å². The van der Waals surface area contributed by atoms with Crippen LogP contribution in [0, 0.1) is 0 Å². The normalized spacial score (nSPS) is 10.3. The van der Waals surface area contributed by atoms with Gasteiger partial charge in [0.05, 0.1) is 19.5 Å². The first kappa shape index (κ1) is 12.8. The summed E-state index contributed by atoms with van der Waals surface area (Å²) in [7, 11) is 1.63. The summed E-state index contributed by atoms with van der Waals surface area (Å²) in [6.07, 6.45) is 3.63. The Bertz CT molecular complexity index is 499. The first-order valence-corrected chi connectivity index (χ1v) is 6.20. The second-order valence-electron chi connectivity index (χ2n) is 3.67. The smallest absolute Gasteiger partial charge is 0.161 e. The highest BCUT2D eigenvalue weighted by Crippen LogP contribution is 2.25. The minimum atomic E-state index is 0.404. The molecule has 0 unspecified atom stereocenters. The van der Waals surface area contributed by atoms with E-state index in [1.54, 1.807) is 13.3 Å². The maximum atomic E-state index is 5.77. The van der Waals surface area contributed by atoms with Crippen LogP contribution in [0.1, 0.15) is 5.82 Å². The highest BCUT2D eigenvalue weighted by Gasteiger charge is 2.04. The van der Waals surface area contributed by atoms with Gasteiger partial charge in [-0.1, -0.05) is 12.1 Å². The number of imidazole rings is 1. The maximum Gasteiger partial charge on any atom is 0.161 e. The third-order valence-corrected chi connectivity index (χ3v) is 2.82. The number of aromatic nitrogens is 2. The van der Waals surface area contributed by atoms with Gasteiger partial charge < -0.3 is 14.0 Å². The van der Waals surface area contributed by atoms with Crippen LogP contribution in [0.2, 0.25) is 0 Å². The maximum absolute atomic E-state index is 5.77. The molecule has 1 aromatic carbocycles. The van der Waals surface area contributed by atoms with Crippen LogP contribution in [0.25, 0.3) is 0 Å². The van der Waals surface area contributed by atoms with Crippen LogP contribution < -0.4 is 9.47 Å². The molecule has 1 aromatic heterocycles. The Morgan fingerprint density at radius 1 is 1.28 bits per heavy atom. The molecule has 2 rings (SSSR count). The quantitative estimate of drug-likeness (QED) is 0.755. The molecule has 0 N–H and O–H groups in total. The number of para-hydroxylation sites is 2. The molecule has 4 nitrogen and oxygen atoms in total. The Morgan fingerprint density at radius 3 is 2.78 bits per heavy atom. The Labute approximate surface area is 111 Å². The van der Waals surface area contributed by atoms with Gasteiger partial charge in [0, 0.05) is 12.4 Å². The van der Waals surface area contributed by atoms with Gasteiger partial charge in [-0.2, -0.15) is 0 Å². The van der Waals surface area contributed by atoms with Crippen molar-refractivity contribution in [1.82, 2.24) is 9.55 Å². The standard InChI is InChI=1S/C13H15ClN2O2/c1-17-11-4-2-3-5-12(11)18-9-8-16-7-6-15-13(16)10-14/h2-7H,8-10H2,1H3. The zero-order valence-corrected chi connectivity index (χ0v) is 10.9. The highest BCUT2D eigenvalue weighted by molar-refractivity contribution is 6.16.